The highest BCUT2D eigenvalue weighted by molar-refractivity contribution is 14.1. The van der Waals surface area contributed by atoms with Crippen molar-refractivity contribution >= 4 is 50.5 Å². The molecule has 47 heavy (non-hydrogen) atoms. The maximum absolute atomic E-state index is 13.9. The first-order chi connectivity index (χ1) is 22.8. The summed E-state index contributed by atoms with van der Waals surface area (Å²) < 4.78 is 20.3. The van der Waals surface area contributed by atoms with E-state index in [-0.39, 0.29) is 11.5 Å². The van der Waals surface area contributed by atoms with E-state index in [0.717, 1.165) is 42.5 Å². The number of aromatic nitrogens is 2. The van der Waals surface area contributed by atoms with Crippen LogP contribution in [0.4, 0.5) is 0 Å². The van der Waals surface area contributed by atoms with Crippen LogP contribution in [0.15, 0.2) is 101 Å². The number of para-hydroxylation sites is 1. The molecule has 0 fully saturated rings. The van der Waals surface area contributed by atoms with E-state index in [4.69, 9.17) is 24.3 Å². The Kier molecular flexibility index (Phi) is 9.58. The summed E-state index contributed by atoms with van der Waals surface area (Å²) in [5.74, 6) is 2.73. The Morgan fingerprint density at radius 3 is 2.43 bits per heavy atom. The minimum atomic E-state index is -0.252. The molecule has 1 aromatic heterocycles. The number of ether oxygens (including phenoxy) is 3. The van der Waals surface area contributed by atoms with E-state index in [9.17, 15) is 4.79 Å². The van der Waals surface area contributed by atoms with Crippen LogP contribution in [0.3, 0.4) is 0 Å². The zero-order chi connectivity index (χ0) is 33.1. The molecule has 0 aliphatic rings. The Morgan fingerprint density at radius 2 is 1.66 bits per heavy atom. The normalized spacial score (nSPS) is 11.6. The molecule has 0 aliphatic heterocycles. The molecule has 238 valence electrons. The van der Waals surface area contributed by atoms with E-state index in [1.807, 2.05) is 68.4 Å². The minimum absolute atomic E-state index is 0.205. The second-order valence-electron chi connectivity index (χ2n) is 11.6. The summed E-state index contributed by atoms with van der Waals surface area (Å²) in [6.07, 6.45) is 1.66. The molecule has 0 radical (unpaired) electrons. The Balaban J connectivity index is 1.40. The molecule has 0 aliphatic carbocycles. The van der Waals surface area contributed by atoms with E-state index in [1.54, 1.807) is 19.4 Å². The lowest BCUT2D eigenvalue weighted by Gasteiger charge is -2.18. The number of halogens is 1. The highest BCUT2D eigenvalue weighted by Crippen LogP contribution is 2.36. The van der Waals surface area contributed by atoms with Crippen molar-refractivity contribution in [3.05, 3.63) is 127 Å². The molecule has 7 nitrogen and oxygen atoms in total. The van der Waals surface area contributed by atoms with Crippen molar-refractivity contribution in [2.75, 3.05) is 13.7 Å². The topological polar surface area (TPSA) is 74.9 Å². The van der Waals surface area contributed by atoms with Gasteiger partial charge in [0, 0.05) is 5.56 Å². The number of benzene rings is 5. The SMILES string of the molecule is CCOc1cc(C)c(-c2nc3ccccc3c(=O)n2N=Cc2cc(I)c(OCc3cccc4ccccc34)c(OC)c2)cc1C(C)C. The van der Waals surface area contributed by atoms with E-state index in [2.05, 4.69) is 66.8 Å². The standard InChI is InChI=1S/C39H36IN3O4/c1-6-46-35-18-25(4)32(21-31(35)24(2)3)38-42-34-17-10-9-16-30(34)39(44)43(38)41-22-26-19-33(40)37(36(20-26)45-5)47-23-28-14-11-13-27-12-7-8-15-29(27)28/h7-22,24H,6,23H2,1-5H3. The lowest BCUT2D eigenvalue weighted by atomic mass is 9.96. The monoisotopic (exact) mass is 737 g/mol. The summed E-state index contributed by atoms with van der Waals surface area (Å²) in [7, 11) is 1.62. The van der Waals surface area contributed by atoms with Crippen LogP contribution in [-0.2, 0) is 6.61 Å². The molecule has 1 heterocycles. The molecule has 0 saturated heterocycles. The number of nitrogens with zero attached hydrogens (tertiary/aromatic N) is 3. The predicted octanol–water partition coefficient (Wildman–Crippen LogP) is 9.12. The zero-order valence-electron chi connectivity index (χ0n) is 27.1. The molecule has 0 atom stereocenters. The Labute approximate surface area is 288 Å². The van der Waals surface area contributed by atoms with Crippen molar-refractivity contribution in [3.8, 4) is 28.6 Å². The minimum Gasteiger partial charge on any atom is -0.494 e. The highest BCUT2D eigenvalue weighted by Gasteiger charge is 2.19. The fourth-order valence-corrected chi connectivity index (χ4v) is 6.50. The van der Waals surface area contributed by atoms with E-state index < -0.39 is 0 Å². The molecule has 6 aromatic rings. The smallest absolute Gasteiger partial charge is 0.282 e. The summed E-state index contributed by atoms with van der Waals surface area (Å²) in [5.41, 5.74) is 5.01. The van der Waals surface area contributed by atoms with E-state index >= 15 is 0 Å². The van der Waals surface area contributed by atoms with Gasteiger partial charge in [0.15, 0.2) is 17.3 Å². The molecule has 8 heteroatoms. The van der Waals surface area contributed by atoms with Gasteiger partial charge >= 0.3 is 0 Å². The quantitative estimate of drug-likeness (QED) is 0.104. The van der Waals surface area contributed by atoms with Crippen LogP contribution < -0.4 is 19.8 Å². The van der Waals surface area contributed by atoms with Crippen molar-refractivity contribution in [2.24, 2.45) is 5.10 Å². The first-order valence-electron chi connectivity index (χ1n) is 15.6. The average Bonchev–Trinajstić information content (AvgIpc) is 3.07. The van der Waals surface area contributed by atoms with Gasteiger partial charge in [-0.15, -0.1) is 0 Å². The van der Waals surface area contributed by atoms with Gasteiger partial charge in [-0.05, 0) is 112 Å². The van der Waals surface area contributed by atoms with Gasteiger partial charge in [0.1, 0.15) is 12.4 Å². The summed E-state index contributed by atoms with van der Waals surface area (Å²) in [6.45, 7) is 9.19. The molecule has 5 aromatic carbocycles. The summed E-state index contributed by atoms with van der Waals surface area (Å²) in [6, 6.07) is 29.7. The molecular weight excluding hydrogens is 701 g/mol. The second kappa shape index (κ2) is 14.0. The molecule has 0 saturated carbocycles. The van der Waals surface area contributed by atoms with Crippen molar-refractivity contribution in [2.45, 2.75) is 40.2 Å². The van der Waals surface area contributed by atoms with Crippen LogP contribution >= 0.6 is 22.6 Å². The maximum atomic E-state index is 13.9. The number of fused-ring (bicyclic) bond motifs is 2. The van der Waals surface area contributed by atoms with Crippen LogP contribution in [0.2, 0.25) is 0 Å². The zero-order valence-corrected chi connectivity index (χ0v) is 29.2. The Hall–Kier alpha value is -4.70. The number of methoxy groups -OCH3 is 1. The van der Waals surface area contributed by atoms with Gasteiger partial charge in [-0.25, -0.2) is 4.98 Å². The van der Waals surface area contributed by atoms with Crippen LogP contribution in [0.1, 0.15) is 48.9 Å². The summed E-state index contributed by atoms with van der Waals surface area (Å²) in [5, 5.41) is 7.55. The first kappa shape index (κ1) is 32.2. The van der Waals surface area contributed by atoms with Crippen LogP contribution in [0.25, 0.3) is 33.1 Å². The van der Waals surface area contributed by atoms with Gasteiger partial charge in [0.05, 0.1) is 34.4 Å². The largest absolute Gasteiger partial charge is 0.494 e. The van der Waals surface area contributed by atoms with Crippen molar-refractivity contribution in [1.82, 2.24) is 9.66 Å². The van der Waals surface area contributed by atoms with Gasteiger partial charge in [-0.2, -0.15) is 9.78 Å². The summed E-state index contributed by atoms with van der Waals surface area (Å²) >= 11 is 2.25. The lowest BCUT2D eigenvalue weighted by Crippen LogP contribution is -2.21. The predicted molar refractivity (Wildman–Crippen MR) is 198 cm³/mol. The number of hydrogen-bond acceptors (Lipinski definition) is 6. The molecular formula is C39H36IN3O4. The number of aryl methyl sites for hydroxylation is 1. The summed E-state index contributed by atoms with van der Waals surface area (Å²) in [4.78, 5) is 18.9. The van der Waals surface area contributed by atoms with Crippen LogP contribution in [-0.4, -0.2) is 29.6 Å². The Bertz CT molecular complexity index is 2180. The molecule has 6 rings (SSSR count). The third-order valence-corrected chi connectivity index (χ3v) is 8.90. The fraction of sp³-hybridized carbons (Fsp3) is 0.205. The molecule has 0 unspecified atom stereocenters. The fourth-order valence-electron chi connectivity index (χ4n) is 5.72. The third kappa shape index (κ3) is 6.60. The molecule has 0 bridgehead atoms. The van der Waals surface area contributed by atoms with Crippen molar-refractivity contribution in [3.63, 3.8) is 0 Å². The van der Waals surface area contributed by atoms with Crippen LogP contribution in [0, 0.1) is 10.5 Å². The van der Waals surface area contributed by atoms with Gasteiger partial charge in [-0.1, -0.05) is 68.4 Å². The number of hydrogen-bond donors (Lipinski definition) is 0. The van der Waals surface area contributed by atoms with Crippen molar-refractivity contribution in [1.29, 1.82) is 0 Å². The molecule has 0 amide bonds. The third-order valence-electron chi connectivity index (χ3n) is 8.10. The molecule has 0 spiro atoms. The lowest BCUT2D eigenvalue weighted by molar-refractivity contribution is 0.283. The second-order valence-corrected chi connectivity index (χ2v) is 12.7. The van der Waals surface area contributed by atoms with Gasteiger partial charge in [0.2, 0.25) is 0 Å². The number of rotatable bonds is 10. The van der Waals surface area contributed by atoms with Gasteiger partial charge in [0.25, 0.3) is 5.56 Å². The van der Waals surface area contributed by atoms with E-state index in [1.165, 1.54) is 10.1 Å². The highest BCUT2D eigenvalue weighted by atomic mass is 127. The molecule has 0 N–H and O–H groups in total. The first-order valence-corrected chi connectivity index (χ1v) is 16.7. The van der Waals surface area contributed by atoms with E-state index in [0.29, 0.717) is 41.4 Å². The van der Waals surface area contributed by atoms with Gasteiger partial charge in [-0.3, -0.25) is 4.79 Å². The van der Waals surface area contributed by atoms with Crippen molar-refractivity contribution < 1.29 is 14.2 Å². The van der Waals surface area contributed by atoms with Crippen LogP contribution in [0.5, 0.6) is 17.2 Å². The Morgan fingerprint density at radius 1 is 0.915 bits per heavy atom. The maximum Gasteiger partial charge on any atom is 0.282 e. The average molecular weight is 738 g/mol. The van der Waals surface area contributed by atoms with Gasteiger partial charge < -0.3 is 14.2 Å².